The number of thioether (sulfide) groups is 1. The van der Waals surface area contributed by atoms with Crippen molar-refractivity contribution in [2.45, 2.75) is 10.9 Å². The highest BCUT2D eigenvalue weighted by Gasteiger charge is 2.19. The van der Waals surface area contributed by atoms with Gasteiger partial charge < -0.3 is 5.32 Å². The minimum absolute atomic E-state index is 0.0742. The molecule has 0 spiro atoms. The molecule has 130 valence electrons. The predicted octanol–water partition coefficient (Wildman–Crippen LogP) is 5.48. The minimum atomic E-state index is -0.192. The first-order valence-electron chi connectivity index (χ1n) is 8.53. The quantitative estimate of drug-likeness (QED) is 0.447. The summed E-state index contributed by atoms with van der Waals surface area (Å²) in [5, 5.41) is 3.20. The van der Waals surface area contributed by atoms with E-state index in [-0.39, 0.29) is 11.9 Å². The molecule has 0 aromatic heterocycles. The number of carbonyl (C=O) groups is 1. The van der Waals surface area contributed by atoms with E-state index in [4.69, 9.17) is 0 Å². The summed E-state index contributed by atoms with van der Waals surface area (Å²) in [6, 6.07) is 27.6. The lowest BCUT2D eigenvalue weighted by Crippen LogP contribution is -2.29. The van der Waals surface area contributed by atoms with Gasteiger partial charge in [0.25, 0.3) is 5.91 Å². The highest BCUT2D eigenvalue weighted by molar-refractivity contribution is 7.99. The first kappa shape index (κ1) is 18.0. The van der Waals surface area contributed by atoms with Gasteiger partial charge in [-0.05, 0) is 23.3 Å². The zero-order valence-electron chi connectivity index (χ0n) is 14.5. The number of hydrogen-bond donors (Lipinski definition) is 1. The van der Waals surface area contributed by atoms with E-state index >= 15 is 0 Å². The molecule has 0 aliphatic carbocycles. The van der Waals surface area contributed by atoms with Crippen LogP contribution in [0.4, 0.5) is 0 Å². The van der Waals surface area contributed by atoms with Gasteiger partial charge in [-0.2, -0.15) is 0 Å². The van der Waals surface area contributed by atoms with Crippen molar-refractivity contribution in [1.29, 1.82) is 0 Å². The Morgan fingerprint density at radius 3 is 2.00 bits per heavy atom. The maximum absolute atomic E-state index is 13.0. The van der Waals surface area contributed by atoms with Crippen molar-refractivity contribution in [1.82, 2.24) is 5.32 Å². The van der Waals surface area contributed by atoms with Gasteiger partial charge in [-0.3, -0.25) is 4.79 Å². The molecule has 1 amide bonds. The second-order valence-corrected chi connectivity index (χ2v) is 6.89. The monoisotopic (exact) mass is 359 g/mol. The second-order valence-electron chi connectivity index (χ2n) is 5.82. The molecule has 0 saturated carbocycles. The number of hydrogen-bond acceptors (Lipinski definition) is 2. The predicted molar refractivity (Wildman–Crippen MR) is 110 cm³/mol. The maximum atomic E-state index is 13.0. The summed E-state index contributed by atoms with van der Waals surface area (Å²) < 4.78 is 0. The Bertz CT molecular complexity index is 822. The largest absolute Gasteiger partial charge is 0.341 e. The third-order valence-electron chi connectivity index (χ3n) is 4.03. The summed E-state index contributed by atoms with van der Waals surface area (Å²) in [5.41, 5.74) is 2.81. The third kappa shape index (κ3) is 4.44. The van der Waals surface area contributed by atoms with Crippen molar-refractivity contribution < 1.29 is 4.79 Å². The first-order chi connectivity index (χ1) is 12.8. The van der Waals surface area contributed by atoms with Gasteiger partial charge in [0.05, 0.1) is 11.6 Å². The van der Waals surface area contributed by atoms with Crippen LogP contribution in [-0.4, -0.2) is 11.7 Å². The SMILES string of the molecule is C=CCSc1ccccc1C(=O)NC(c1ccccc1)c1ccccc1. The van der Waals surface area contributed by atoms with Crippen molar-refractivity contribution in [3.05, 3.63) is 114 Å². The van der Waals surface area contributed by atoms with E-state index < -0.39 is 0 Å². The zero-order chi connectivity index (χ0) is 18.2. The molecule has 0 radical (unpaired) electrons. The van der Waals surface area contributed by atoms with Crippen molar-refractivity contribution in [2.24, 2.45) is 0 Å². The third-order valence-corrected chi connectivity index (χ3v) is 5.10. The minimum Gasteiger partial charge on any atom is -0.341 e. The van der Waals surface area contributed by atoms with E-state index in [1.54, 1.807) is 11.8 Å². The Balaban J connectivity index is 1.90. The molecule has 0 bridgehead atoms. The maximum Gasteiger partial charge on any atom is 0.253 e. The molecule has 3 heteroatoms. The number of carbonyl (C=O) groups excluding carboxylic acids is 1. The van der Waals surface area contributed by atoms with Crippen molar-refractivity contribution in [3.8, 4) is 0 Å². The number of amides is 1. The Morgan fingerprint density at radius 2 is 1.42 bits per heavy atom. The molecule has 0 atom stereocenters. The molecule has 0 heterocycles. The van der Waals surface area contributed by atoms with Gasteiger partial charge in [0.2, 0.25) is 0 Å². The average molecular weight is 359 g/mol. The van der Waals surface area contributed by atoms with Gasteiger partial charge in [0.15, 0.2) is 0 Å². The van der Waals surface area contributed by atoms with Crippen LogP contribution in [0.15, 0.2) is 102 Å². The van der Waals surface area contributed by atoms with Crippen LogP contribution in [0.25, 0.3) is 0 Å². The fourth-order valence-corrected chi connectivity index (χ4v) is 3.58. The molecule has 26 heavy (non-hydrogen) atoms. The molecular weight excluding hydrogens is 338 g/mol. The van der Waals surface area contributed by atoms with Crippen LogP contribution >= 0.6 is 11.8 Å². The molecule has 3 aromatic rings. The normalized spacial score (nSPS) is 10.5. The van der Waals surface area contributed by atoms with Crippen molar-refractivity contribution >= 4 is 17.7 Å². The molecule has 0 unspecified atom stereocenters. The lowest BCUT2D eigenvalue weighted by Gasteiger charge is -2.20. The van der Waals surface area contributed by atoms with E-state index in [1.165, 1.54) is 0 Å². The molecule has 3 aromatic carbocycles. The van der Waals surface area contributed by atoms with E-state index in [9.17, 15) is 4.79 Å². The smallest absolute Gasteiger partial charge is 0.253 e. The highest BCUT2D eigenvalue weighted by Crippen LogP contribution is 2.26. The Morgan fingerprint density at radius 1 is 0.885 bits per heavy atom. The van der Waals surface area contributed by atoms with E-state index in [0.717, 1.165) is 21.8 Å². The molecule has 0 saturated heterocycles. The second kappa shape index (κ2) is 9.07. The number of nitrogens with one attached hydrogen (secondary N) is 1. The van der Waals surface area contributed by atoms with Crippen LogP contribution < -0.4 is 5.32 Å². The summed E-state index contributed by atoms with van der Waals surface area (Å²) in [7, 11) is 0. The van der Waals surface area contributed by atoms with Crippen molar-refractivity contribution in [2.75, 3.05) is 5.75 Å². The standard InChI is InChI=1S/C23H21NOS/c1-2-17-26-21-16-10-9-15-20(21)23(25)24-22(18-11-5-3-6-12-18)19-13-7-4-8-14-19/h2-16,22H,1,17H2,(H,24,25). The molecule has 2 nitrogen and oxygen atoms in total. The molecular formula is C23H21NOS. The van der Waals surface area contributed by atoms with Crippen LogP contribution in [0.2, 0.25) is 0 Å². The lowest BCUT2D eigenvalue weighted by molar-refractivity contribution is 0.0940. The van der Waals surface area contributed by atoms with Gasteiger partial charge >= 0.3 is 0 Å². The molecule has 3 rings (SSSR count). The van der Waals surface area contributed by atoms with Crippen LogP contribution in [0.3, 0.4) is 0 Å². The zero-order valence-corrected chi connectivity index (χ0v) is 15.3. The highest BCUT2D eigenvalue weighted by atomic mass is 32.2. The average Bonchev–Trinajstić information content (AvgIpc) is 2.72. The number of benzene rings is 3. The summed E-state index contributed by atoms with van der Waals surface area (Å²) in [4.78, 5) is 14.0. The Labute approximate surface area is 159 Å². The van der Waals surface area contributed by atoms with Crippen molar-refractivity contribution in [3.63, 3.8) is 0 Å². The summed E-state index contributed by atoms with van der Waals surface area (Å²) >= 11 is 1.62. The summed E-state index contributed by atoms with van der Waals surface area (Å²) in [5.74, 6) is 0.695. The Hall–Kier alpha value is -2.78. The number of rotatable bonds is 7. The van der Waals surface area contributed by atoms with Crippen LogP contribution in [-0.2, 0) is 0 Å². The summed E-state index contributed by atoms with van der Waals surface area (Å²) in [6.07, 6.45) is 1.84. The fourth-order valence-electron chi connectivity index (χ4n) is 2.79. The van der Waals surface area contributed by atoms with E-state index in [0.29, 0.717) is 5.56 Å². The van der Waals surface area contributed by atoms with Gasteiger partial charge in [-0.1, -0.05) is 78.9 Å². The van der Waals surface area contributed by atoms with Crippen LogP contribution in [0.5, 0.6) is 0 Å². The molecule has 0 aliphatic heterocycles. The van der Waals surface area contributed by atoms with Gasteiger partial charge in [0.1, 0.15) is 0 Å². The lowest BCUT2D eigenvalue weighted by atomic mass is 9.98. The first-order valence-corrected chi connectivity index (χ1v) is 9.51. The fraction of sp³-hybridized carbons (Fsp3) is 0.0870. The molecule has 0 fully saturated rings. The topological polar surface area (TPSA) is 29.1 Å². The van der Waals surface area contributed by atoms with E-state index in [1.807, 2.05) is 91.0 Å². The van der Waals surface area contributed by atoms with Gasteiger partial charge in [-0.25, -0.2) is 0 Å². The Kier molecular flexibility index (Phi) is 6.29. The van der Waals surface area contributed by atoms with Crippen LogP contribution in [0.1, 0.15) is 27.5 Å². The van der Waals surface area contributed by atoms with Gasteiger partial charge in [0, 0.05) is 10.6 Å². The summed E-state index contributed by atoms with van der Waals surface area (Å²) in [6.45, 7) is 3.76. The van der Waals surface area contributed by atoms with Gasteiger partial charge in [-0.15, -0.1) is 18.3 Å². The molecule has 0 aliphatic rings. The van der Waals surface area contributed by atoms with E-state index in [2.05, 4.69) is 11.9 Å². The van der Waals surface area contributed by atoms with Crippen LogP contribution in [0, 0.1) is 0 Å². The molecule has 1 N–H and O–H groups in total.